The van der Waals surface area contributed by atoms with E-state index in [9.17, 15) is 4.79 Å². The summed E-state index contributed by atoms with van der Waals surface area (Å²) in [5.74, 6) is 0.815. The highest BCUT2D eigenvalue weighted by Gasteiger charge is 2.06. The van der Waals surface area contributed by atoms with Gasteiger partial charge in [-0.2, -0.15) is 0 Å². The van der Waals surface area contributed by atoms with Gasteiger partial charge in [-0.15, -0.1) is 0 Å². The second kappa shape index (κ2) is 8.62. The maximum atomic E-state index is 10.7. The monoisotopic (exact) mass is 377 g/mol. The Bertz CT molecular complexity index is 1040. The van der Waals surface area contributed by atoms with Crippen LogP contribution in [0.15, 0.2) is 66.7 Å². The Morgan fingerprint density at radius 1 is 0.889 bits per heavy atom. The van der Waals surface area contributed by atoms with Crippen LogP contribution < -0.4 is 5.32 Å². The third-order valence-electron chi connectivity index (χ3n) is 3.98. The van der Waals surface area contributed by atoms with Gasteiger partial charge in [0.15, 0.2) is 0 Å². The second-order valence-corrected chi connectivity index (χ2v) is 6.50. The zero-order chi connectivity index (χ0) is 19.2. The molecule has 2 N–H and O–H groups in total. The standard InChI is InChI=1S/C20H13ClN2O.C2H7N/c21-17-9-10-18-19(11-17)23-20(22-18)16-7-5-15(6-8-16)14-3-1-13(12-24)2-4-14;1-3-2/h1-12H,(H,22,23);3H,1-2H3. The smallest absolute Gasteiger partial charge is 0.150 e. The molecule has 0 aliphatic heterocycles. The van der Waals surface area contributed by atoms with E-state index in [0.29, 0.717) is 10.6 Å². The summed E-state index contributed by atoms with van der Waals surface area (Å²) in [6.45, 7) is 0. The minimum Gasteiger partial charge on any atom is -0.338 e. The molecule has 0 aliphatic rings. The lowest BCUT2D eigenvalue weighted by Gasteiger charge is -2.03. The van der Waals surface area contributed by atoms with Crippen molar-refractivity contribution in [3.8, 4) is 22.5 Å². The van der Waals surface area contributed by atoms with Gasteiger partial charge >= 0.3 is 0 Å². The fourth-order valence-electron chi connectivity index (χ4n) is 2.69. The van der Waals surface area contributed by atoms with Crippen LogP contribution in [0, 0.1) is 0 Å². The van der Waals surface area contributed by atoms with Crippen molar-refractivity contribution in [2.75, 3.05) is 14.1 Å². The first-order valence-corrected chi connectivity index (χ1v) is 8.92. The molecule has 4 rings (SSSR count). The van der Waals surface area contributed by atoms with Crippen molar-refractivity contribution in [2.45, 2.75) is 0 Å². The third kappa shape index (κ3) is 4.42. The summed E-state index contributed by atoms with van der Waals surface area (Å²) in [5.41, 5.74) is 5.67. The van der Waals surface area contributed by atoms with Gasteiger partial charge < -0.3 is 10.3 Å². The SMILES string of the molecule is CNC.O=Cc1ccc(-c2ccc(-c3nc4ccc(Cl)cc4[nH]3)cc2)cc1. The molecule has 0 fully saturated rings. The lowest BCUT2D eigenvalue weighted by atomic mass is 10.0. The molecule has 0 radical (unpaired) electrons. The second-order valence-electron chi connectivity index (χ2n) is 6.06. The summed E-state index contributed by atoms with van der Waals surface area (Å²) in [4.78, 5) is 18.6. The highest BCUT2D eigenvalue weighted by molar-refractivity contribution is 6.31. The van der Waals surface area contributed by atoms with Gasteiger partial charge in [-0.25, -0.2) is 4.98 Å². The maximum Gasteiger partial charge on any atom is 0.150 e. The first-order chi connectivity index (χ1) is 13.1. The molecule has 0 saturated heterocycles. The molecule has 0 saturated carbocycles. The van der Waals surface area contributed by atoms with Crippen LogP contribution in [0.3, 0.4) is 0 Å². The van der Waals surface area contributed by atoms with Gasteiger partial charge in [0.25, 0.3) is 0 Å². The van der Waals surface area contributed by atoms with Crippen LogP contribution in [0.25, 0.3) is 33.5 Å². The van der Waals surface area contributed by atoms with Crippen LogP contribution in [0.4, 0.5) is 0 Å². The van der Waals surface area contributed by atoms with E-state index < -0.39 is 0 Å². The number of rotatable bonds is 3. The molecule has 0 bridgehead atoms. The molecule has 1 aromatic heterocycles. The average Bonchev–Trinajstić information content (AvgIpc) is 3.12. The highest BCUT2D eigenvalue weighted by atomic mass is 35.5. The number of fused-ring (bicyclic) bond motifs is 1. The molecule has 0 aliphatic carbocycles. The number of carbonyl (C=O) groups excluding carboxylic acids is 1. The molecule has 0 atom stereocenters. The number of H-pyrrole nitrogens is 1. The number of nitrogens with one attached hydrogen (secondary N) is 2. The number of hydrogen-bond donors (Lipinski definition) is 2. The van der Waals surface area contributed by atoms with E-state index in [1.807, 2.05) is 80.8 Å². The Labute approximate surface area is 163 Å². The molecule has 0 amide bonds. The molecular weight excluding hydrogens is 358 g/mol. The summed E-state index contributed by atoms with van der Waals surface area (Å²) in [6.07, 6.45) is 0.848. The van der Waals surface area contributed by atoms with Crippen molar-refractivity contribution >= 4 is 28.9 Å². The summed E-state index contributed by atoms with van der Waals surface area (Å²) < 4.78 is 0. The minimum atomic E-state index is 0.677. The fourth-order valence-corrected chi connectivity index (χ4v) is 2.87. The Morgan fingerprint density at radius 3 is 2.04 bits per heavy atom. The number of imidazole rings is 1. The Hall–Kier alpha value is -2.95. The predicted molar refractivity (Wildman–Crippen MR) is 112 cm³/mol. The zero-order valence-corrected chi connectivity index (χ0v) is 15.9. The lowest BCUT2D eigenvalue weighted by Crippen LogP contribution is -1.89. The molecule has 0 unspecified atom stereocenters. The van der Waals surface area contributed by atoms with Gasteiger partial charge in [0.1, 0.15) is 12.1 Å². The van der Waals surface area contributed by atoms with E-state index in [0.717, 1.165) is 39.8 Å². The third-order valence-corrected chi connectivity index (χ3v) is 4.22. The molecule has 0 spiro atoms. The predicted octanol–water partition coefficient (Wildman–Crippen LogP) is 5.20. The average molecular weight is 378 g/mol. The Morgan fingerprint density at radius 2 is 1.44 bits per heavy atom. The molecule has 4 nitrogen and oxygen atoms in total. The summed E-state index contributed by atoms with van der Waals surface area (Å²) >= 11 is 6.01. The van der Waals surface area contributed by atoms with Crippen LogP contribution in [0.5, 0.6) is 0 Å². The number of aldehydes is 1. The van der Waals surface area contributed by atoms with Crippen molar-refractivity contribution in [3.63, 3.8) is 0 Å². The molecule has 4 aromatic rings. The van der Waals surface area contributed by atoms with Gasteiger partial charge in [0, 0.05) is 16.1 Å². The summed E-state index contributed by atoms with van der Waals surface area (Å²) in [6, 6.07) is 21.3. The number of nitrogens with zero attached hydrogens (tertiary/aromatic N) is 1. The van der Waals surface area contributed by atoms with E-state index in [1.165, 1.54) is 0 Å². The van der Waals surface area contributed by atoms with E-state index in [1.54, 1.807) is 0 Å². The van der Waals surface area contributed by atoms with Crippen molar-refractivity contribution in [1.82, 2.24) is 15.3 Å². The van der Waals surface area contributed by atoms with Gasteiger partial charge in [0.05, 0.1) is 11.0 Å². The van der Waals surface area contributed by atoms with E-state index in [4.69, 9.17) is 11.6 Å². The molecule has 3 aromatic carbocycles. The minimum absolute atomic E-state index is 0.677. The molecule has 1 heterocycles. The topological polar surface area (TPSA) is 57.8 Å². The van der Waals surface area contributed by atoms with Crippen molar-refractivity contribution in [2.24, 2.45) is 0 Å². The van der Waals surface area contributed by atoms with E-state index in [-0.39, 0.29) is 0 Å². The number of halogens is 1. The van der Waals surface area contributed by atoms with Crippen LogP contribution in [-0.4, -0.2) is 30.3 Å². The Kier molecular flexibility index (Phi) is 6.01. The van der Waals surface area contributed by atoms with Crippen LogP contribution in [0.2, 0.25) is 5.02 Å². The van der Waals surface area contributed by atoms with Crippen molar-refractivity contribution < 1.29 is 4.79 Å². The fraction of sp³-hybridized carbons (Fsp3) is 0.0909. The number of aromatic nitrogens is 2. The first-order valence-electron chi connectivity index (χ1n) is 8.54. The van der Waals surface area contributed by atoms with Crippen LogP contribution in [-0.2, 0) is 0 Å². The van der Waals surface area contributed by atoms with Crippen LogP contribution in [0.1, 0.15) is 10.4 Å². The van der Waals surface area contributed by atoms with Crippen molar-refractivity contribution in [3.05, 3.63) is 77.3 Å². The van der Waals surface area contributed by atoms with Gasteiger partial charge in [-0.1, -0.05) is 60.1 Å². The van der Waals surface area contributed by atoms with Crippen molar-refractivity contribution in [1.29, 1.82) is 0 Å². The van der Waals surface area contributed by atoms with Gasteiger partial charge in [0.2, 0.25) is 0 Å². The van der Waals surface area contributed by atoms with E-state index >= 15 is 0 Å². The molecular formula is C22H20ClN3O. The molecule has 27 heavy (non-hydrogen) atoms. The number of benzene rings is 3. The maximum absolute atomic E-state index is 10.7. The first kappa shape index (κ1) is 18.8. The Balaban J connectivity index is 0.000000659. The van der Waals surface area contributed by atoms with Crippen LogP contribution >= 0.6 is 11.6 Å². The normalized spacial score (nSPS) is 10.3. The molecule has 136 valence electrons. The number of carbonyl (C=O) groups is 1. The van der Waals surface area contributed by atoms with E-state index in [2.05, 4.69) is 15.3 Å². The number of hydrogen-bond acceptors (Lipinski definition) is 3. The highest BCUT2D eigenvalue weighted by Crippen LogP contribution is 2.26. The van der Waals surface area contributed by atoms with Gasteiger partial charge in [-0.3, -0.25) is 4.79 Å². The number of aromatic amines is 1. The summed E-state index contributed by atoms with van der Waals surface area (Å²) in [5, 5.41) is 3.44. The molecule has 5 heteroatoms. The largest absolute Gasteiger partial charge is 0.338 e. The summed E-state index contributed by atoms with van der Waals surface area (Å²) in [7, 11) is 3.75. The van der Waals surface area contributed by atoms with Gasteiger partial charge in [-0.05, 0) is 43.4 Å². The lowest BCUT2D eigenvalue weighted by molar-refractivity contribution is 0.112. The quantitative estimate of drug-likeness (QED) is 0.482. The zero-order valence-electron chi connectivity index (χ0n) is 15.2.